The molecule has 1 saturated heterocycles. The summed E-state index contributed by atoms with van der Waals surface area (Å²) in [6, 6.07) is 9.55. The summed E-state index contributed by atoms with van der Waals surface area (Å²) in [5, 5.41) is 7.45. The third-order valence-corrected chi connectivity index (χ3v) is 4.04. The maximum absolute atomic E-state index is 12.9. The molecule has 1 aliphatic heterocycles. The average molecular weight is 337 g/mol. The molecule has 0 saturated carbocycles. The van der Waals surface area contributed by atoms with E-state index >= 15 is 0 Å². The summed E-state index contributed by atoms with van der Waals surface area (Å²) in [6.07, 6.45) is 1.65. The average Bonchev–Trinajstić information content (AvgIpc) is 3.00. The van der Waals surface area contributed by atoms with Gasteiger partial charge in [-0.15, -0.1) is 12.4 Å². The van der Waals surface area contributed by atoms with Gasteiger partial charge in [0.15, 0.2) is 0 Å². The van der Waals surface area contributed by atoms with Gasteiger partial charge in [0.25, 0.3) is 5.91 Å². The Hall–Kier alpha value is -2.05. The van der Waals surface area contributed by atoms with Crippen LogP contribution in [-0.2, 0) is 7.05 Å². The number of methoxy groups -OCH3 is 1. The van der Waals surface area contributed by atoms with Gasteiger partial charge in [0, 0.05) is 38.4 Å². The lowest BCUT2D eigenvalue weighted by molar-refractivity contribution is 0.0620. The Bertz CT molecular complexity index is 674. The molecule has 0 radical (unpaired) electrons. The van der Waals surface area contributed by atoms with Crippen LogP contribution in [0.5, 0.6) is 5.75 Å². The van der Waals surface area contributed by atoms with Crippen molar-refractivity contribution in [3.05, 3.63) is 47.8 Å². The van der Waals surface area contributed by atoms with Gasteiger partial charge in [-0.1, -0.05) is 18.2 Å². The summed E-state index contributed by atoms with van der Waals surface area (Å²) in [5.74, 6) is 0.802. The molecule has 1 aromatic carbocycles. The van der Waals surface area contributed by atoms with E-state index in [4.69, 9.17) is 4.74 Å². The monoisotopic (exact) mass is 336 g/mol. The van der Waals surface area contributed by atoms with E-state index in [-0.39, 0.29) is 24.4 Å². The Labute approximate surface area is 141 Å². The van der Waals surface area contributed by atoms with Crippen molar-refractivity contribution in [3.63, 3.8) is 0 Å². The van der Waals surface area contributed by atoms with E-state index < -0.39 is 0 Å². The summed E-state index contributed by atoms with van der Waals surface area (Å²) in [6.45, 7) is 2.16. The first-order chi connectivity index (χ1) is 10.7. The summed E-state index contributed by atoms with van der Waals surface area (Å²) in [4.78, 5) is 14.8. The van der Waals surface area contributed by atoms with Gasteiger partial charge in [0.2, 0.25) is 0 Å². The zero-order valence-corrected chi connectivity index (χ0v) is 14.0. The van der Waals surface area contributed by atoms with Gasteiger partial charge in [-0.2, -0.15) is 5.10 Å². The van der Waals surface area contributed by atoms with Crippen molar-refractivity contribution in [1.29, 1.82) is 0 Å². The predicted octanol–water partition coefficient (Wildman–Crippen LogP) is 1.64. The molecule has 124 valence electrons. The van der Waals surface area contributed by atoms with Crippen LogP contribution in [0.15, 0.2) is 36.5 Å². The maximum Gasteiger partial charge on any atom is 0.272 e. The number of nitrogens with one attached hydrogen (secondary N) is 1. The van der Waals surface area contributed by atoms with Crippen LogP contribution in [0.3, 0.4) is 0 Å². The molecular formula is C16H21ClN4O2. The summed E-state index contributed by atoms with van der Waals surface area (Å²) in [5.41, 5.74) is 1.62. The molecule has 7 heteroatoms. The van der Waals surface area contributed by atoms with Crippen LogP contribution in [0, 0.1) is 0 Å². The van der Waals surface area contributed by atoms with E-state index in [0.717, 1.165) is 17.9 Å². The lowest BCUT2D eigenvalue weighted by Gasteiger charge is -2.37. The van der Waals surface area contributed by atoms with Gasteiger partial charge in [-0.25, -0.2) is 0 Å². The van der Waals surface area contributed by atoms with Crippen LogP contribution in [0.25, 0.3) is 0 Å². The zero-order valence-electron chi connectivity index (χ0n) is 13.2. The SMILES string of the molecule is COc1ccccc1C1CNCCN1C(=O)c1ccnn1C.Cl. The number of carbonyl (C=O) groups is 1. The lowest BCUT2D eigenvalue weighted by Crippen LogP contribution is -2.49. The minimum absolute atomic E-state index is 0. The highest BCUT2D eigenvalue weighted by molar-refractivity contribution is 5.93. The van der Waals surface area contributed by atoms with Crippen molar-refractivity contribution in [2.24, 2.45) is 7.05 Å². The molecule has 1 N–H and O–H groups in total. The molecule has 0 bridgehead atoms. The molecule has 1 amide bonds. The van der Waals surface area contributed by atoms with Crippen molar-refractivity contribution in [2.45, 2.75) is 6.04 Å². The maximum atomic E-state index is 12.9. The molecule has 2 aromatic rings. The molecule has 23 heavy (non-hydrogen) atoms. The van der Waals surface area contributed by atoms with Crippen molar-refractivity contribution < 1.29 is 9.53 Å². The third-order valence-electron chi connectivity index (χ3n) is 4.04. The molecule has 1 aliphatic rings. The Morgan fingerprint density at radius 1 is 1.35 bits per heavy atom. The molecule has 1 atom stereocenters. The van der Waals surface area contributed by atoms with Crippen molar-refractivity contribution in [1.82, 2.24) is 20.0 Å². The Morgan fingerprint density at radius 3 is 2.83 bits per heavy atom. The van der Waals surface area contributed by atoms with E-state index in [0.29, 0.717) is 18.8 Å². The second-order valence-electron chi connectivity index (χ2n) is 5.30. The van der Waals surface area contributed by atoms with Gasteiger partial charge in [-0.05, 0) is 12.1 Å². The number of aryl methyl sites for hydroxylation is 1. The highest BCUT2D eigenvalue weighted by Gasteiger charge is 2.31. The lowest BCUT2D eigenvalue weighted by atomic mass is 10.0. The van der Waals surface area contributed by atoms with Gasteiger partial charge >= 0.3 is 0 Å². The summed E-state index contributed by atoms with van der Waals surface area (Å²) in [7, 11) is 3.44. The topological polar surface area (TPSA) is 59.4 Å². The fourth-order valence-electron chi connectivity index (χ4n) is 2.90. The Kier molecular flexibility index (Phi) is 5.63. The number of rotatable bonds is 3. The first-order valence-corrected chi connectivity index (χ1v) is 7.35. The quantitative estimate of drug-likeness (QED) is 0.925. The summed E-state index contributed by atoms with van der Waals surface area (Å²) < 4.78 is 7.07. The summed E-state index contributed by atoms with van der Waals surface area (Å²) >= 11 is 0. The van der Waals surface area contributed by atoms with Crippen LogP contribution in [-0.4, -0.2) is 47.3 Å². The number of carbonyl (C=O) groups excluding carboxylic acids is 1. The van der Waals surface area contributed by atoms with Crippen LogP contribution < -0.4 is 10.1 Å². The number of para-hydroxylation sites is 1. The number of amides is 1. The Balaban J connectivity index is 0.00000192. The fraction of sp³-hybridized carbons (Fsp3) is 0.375. The van der Waals surface area contributed by atoms with Crippen molar-refractivity contribution in [3.8, 4) is 5.75 Å². The van der Waals surface area contributed by atoms with Crippen LogP contribution in [0.2, 0.25) is 0 Å². The van der Waals surface area contributed by atoms with E-state index in [1.807, 2.05) is 29.2 Å². The van der Waals surface area contributed by atoms with Gasteiger partial charge in [0.05, 0.1) is 13.2 Å². The molecule has 1 unspecified atom stereocenters. The number of hydrogen-bond acceptors (Lipinski definition) is 4. The number of piperazine rings is 1. The van der Waals surface area contributed by atoms with Gasteiger partial charge in [-0.3, -0.25) is 9.48 Å². The molecular weight excluding hydrogens is 316 g/mol. The van der Waals surface area contributed by atoms with E-state index in [2.05, 4.69) is 10.4 Å². The first kappa shape index (κ1) is 17.3. The Morgan fingerprint density at radius 2 is 2.13 bits per heavy atom. The predicted molar refractivity (Wildman–Crippen MR) is 90.1 cm³/mol. The molecule has 0 aliphatic carbocycles. The van der Waals surface area contributed by atoms with Gasteiger partial charge < -0.3 is 15.0 Å². The van der Waals surface area contributed by atoms with Crippen molar-refractivity contribution >= 4 is 18.3 Å². The second kappa shape index (κ2) is 7.48. The van der Waals surface area contributed by atoms with E-state index in [1.165, 1.54) is 0 Å². The van der Waals surface area contributed by atoms with E-state index in [1.54, 1.807) is 31.1 Å². The number of halogens is 1. The largest absolute Gasteiger partial charge is 0.496 e. The number of hydrogen-bond donors (Lipinski definition) is 1. The zero-order chi connectivity index (χ0) is 15.5. The first-order valence-electron chi connectivity index (χ1n) is 7.35. The molecule has 0 spiro atoms. The number of ether oxygens (including phenoxy) is 1. The standard InChI is InChI=1S/C16H20N4O2.ClH/c1-19-13(7-8-18-19)16(21)20-10-9-17-11-14(20)12-5-3-4-6-15(12)22-2;/h3-8,14,17H,9-11H2,1-2H3;1H. The van der Waals surface area contributed by atoms with Gasteiger partial charge in [0.1, 0.15) is 11.4 Å². The molecule has 6 nitrogen and oxygen atoms in total. The second-order valence-corrected chi connectivity index (χ2v) is 5.30. The smallest absolute Gasteiger partial charge is 0.272 e. The minimum atomic E-state index is -0.0488. The molecule has 2 heterocycles. The highest BCUT2D eigenvalue weighted by atomic mass is 35.5. The van der Waals surface area contributed by atoms with Crippen LogP contribution in [0.1, 0.15) is 22.1 Å². The van der Waals surface area contributed by atoms with Crippen molar-refractivity contribution in [2.75, 3.05) is 26.7 Å². The molecule has 1 fully saturated rings. The number of aromatic nitrogens is 2. The van der Waals surface area contributed by atoms with E-state index in [9.17, 15) is 4.79 Å². The highest BCUT2D eigenvalue weighted by Crippen LogP contribution is 2.30. The number of benzene rings is 1. The normalized spacial score (nSPS) is 17.5. The van der Waals surface area contributed by atoms with Crippen LogP contribution in [0.4, 0.5) is 0 Å². The molecule has 1 aromatic heterocycles. The van der Waals surface area contributed by atoms with Crippen LogP contribution >= 0.6 is 12.4 Å². The number of nitrogens with zero attached hydrogens (tertiary/aromatic N) is 3. The molecule has 3 rings (SSSR count). The minimum Gasteiger partial charge on any atom is -0.496 e. The fourth-order valence-corrected chi connectivity index (χ4v) is 2.90. The third kappa shape index (κ3) is 3.33.